The maximum atomic E-state index is 9.95. The molecule has 2 aliphatic rings. The average Bonchev–Trinajstić information content (AvgIpc) is 2.30. The van der Waals surface area contributed by atoms with Crippen molar-refractivity contribution in [2.45, 2.75) is 25.5 Å². The number of nitrogens with zero attached hydrogens (tertiary/aromatic N) is 2. The first-order valence-electron chi connectivity index (χ1n) is 6.16. The van der Waals surface area contributed by atoms with E-state index < -0.39 is 0 Å². The third-order valence-corrected chi connectivity index (χ3v) is 3.74. The van der Waals surface area contributed by atoms with Gasteiger partial charge in [-0.3, -0.25) is 4.90 Å². The maximum Gasteiger partial charge on any atom is 0.0719 e. The summed E-state index contributed by atoms with van der Waals surface area (Å²) in [6, 6.07) is 0.345. The Bertz CT molecular complexity index is 192. The van der Waals surface area contributed by atoms with Crippen molar-refractivity contribution in [1.29, 1.82) is 0 Å². The Hall–Kier alpha value is -0.160. The molecule has 2 atom stereocenters. The Labute approximate surface area is 92.2 Å². The average molecular weight is 213 g/mol. The smallest absolute Gasteiger partial charge is 0.0719 e. The summed E-state index contributed by atoms with van der Waals surface area (Å²) in [5, 5.41) is 13.3. The fraction of sp³-hybridized carbons (Fsp3) is 1.00. The van der Waals surface area contributed by atoms with Crippen LogP contribution in [-0.4, -0.2) is 72.9 Å². The maximum absolute atomic E-state index is 9.95. The number of likely N-dealkylation sites (N-methyl/N-ethyl adjacent to an activating group) is 1. The van der Waals surface area contributed by atoms with Gasteiger partial charge in [-0.15, -0.1) is 0 Å². The van der Waals surface area contributed by atoms with Crippen LogP contribution >= 0.6 is 0 Å². The second kappa shape index (κ2) is 5.25. The number of aliphatic hydroxyl groups excluding tert-OH is 1. The molecule has 0 bridgehead atoms. The molecule has 0 unspecified atom stereocenters. The van der Waals surface area contributed by atoms with Gasteiger partial charge in [-0.1, -0.05) is 6.92 Å². The van der Waals surface area contributed by atoms with Gasteiger partial charge in [0.25, 0.3) is 0 Å². The van der Waals surface area contributed by atoms with E-state index in [1.54, 1.807) is 0 Å². The molecule has 2 heterocycles. The van der Waals surface area contributed by atoms with Crippen molar-refractivity contribution < 1.29 is 5.11 Å². The number of aliphatic hydroxyl groups is 1. The predicted molar refractivity (Wildman–Crippen MR) is 61.0 cm³/mol. The van der Waals surface area contributed by atoms with Crippen molar-refractivity contribution in [2.24, 2.45) is 0 Å². The summed E-state index contributed by atoms with van der Waals surface area (Å²) in [7, 11) is 0. The molecule has 2 fully saturated rings. The molecule has 0 aromatic carbocycles. The Balaban J connectivity index is 1.83. The van der Waals surface area contributed by atoms with Crippen LogP contribution in [0, 0.1) is 0 Å². The monoisotopic (exact) mass is 213 g/mol. The van der Waals surface area contributed by atoms with Crippen LogP contribution in [0.25, 0.3) is 0 Å². The molecule has 0 aliphatic carbocycles. The van der Waals surface area contributed by atoms with E-state index in [9.17, 15) is 5.11 Å². The van der Waals surface area contributed by atoms with Crippen molar-refractivity contribution in [3.8, 4) is 0 Å². The molecule has 2 N–H and O–H groups in total. The van der Waals surface area contributed by atoms with Crippen molar-refractivity contribution in [2.75, 3.05) is 45.8 Å². The van der Waals surface area contributed by atoms with Gasteiger partial charge in [-0.25, -0.2) is 0 Å². The molecule has 0 radical (unpaired) electrons. The molecule has 0 saturated carbocycles. The minimum Gasteiger partial charge on any atom is -0.391 e. The van der Waals surface area contributed by atoms with E-state index in [2.05, 4.69) is 22.0 Å². The van der Waals surface area contributed by atoms with Gasteiger partial charge in [0, 0.05) is 38.8 Å². The molecule has 0 amide bonds. The SMILES string of the molecule is CCN1CCN([C@H]2CNCC[C@@H]2O)CC1. The molecule has 0 aromatic heterocycles. The minimum atomic E-state index is -0.126. The van der Waals surface area contributed by atoms with Gasteiger partial charge in [-0.05, 0) is 19.5 Å². The molecule has 4 nitrogen and oxygen atoms in total. The van der Waals surface area contributed by atoms with E-state index in [1.165, 1.54) is 0 Å². The molecular formula is C11H23N3O. The molecule has 4 heteroatoms. The number of rotatable bonds is 2. The molecule has 88 valence electrons. The topological polar surface area (TPSA) is 38.7 Å². The zero-order chi connectivity index (χ0) is 10.7. The molecular weight excluding hydrogens is 190 g/mol. The molecule has 2 rings (SSSR count). The number of piperidine rings is 1. The van der Waals surface area contributed by atoms with Crippen LogP contribution in [0.2, 0.25) is 0 Å². The van der Waals surface area contributed by atoms with Crippen LogP contribution < -0.4 is 5.32 Å². The zero-order valence-corrected chi connectivity index (χ0v) is 9.65. The van der Waals surface area contributed by atoms with Gasteiger partial charge in [0.1, 0.15) is 0 Å². The molecule has 15 heavy (non-hydrogen) atoms. The lowest BCUT2D eigenvalue weighted by Gasteiger charge is -2.42. The summed E-state index contributed by atoms with van der Waals surface area (Å²) in [6.45, 7) is 9.81. The van der Waals surface area contributed by atoms with Gasteiger partial charge >= 0.3 is 0 Å². The number of piperazine rings is 1. The van der Waals surface area contributed by atoms with E-state index >= 15 is 0 Å². The van der Waals surface area contributed by atoms with Gasteiger partial charge in [0.2, 0.25) is 0 Å². The van der Waals surface area contributed by atoms with Crippen LogP contribution in [0.4, 0.5) is 0 Å². The Morgan fingerprint density at radius 3 is 2.60 bits per heavy atom. The molecule has 0 aromatic rings. The van der Waals surface area contributed by atoms with Crippen LogP contribution in [0.3, 0.4) is 0 Å². The number of nitrogens with one attached hydrogen (secondary N) is 1. The standard InChI is InChI=1S/C11H23N3O/c1-2-13-5-7-14(8-6-13)10-9-12-4-3-11(10)15/h10-12,15H,2-9H2,1H3/t10-,11-/m0/s1. The third kappa shape index (κ3) is 2.69. The quantitative estimate of drug-likeness (QED) is 0.639. The van der Waals surface area contributed by atoms with E-state index in [0.29, 0.717) is 6.04 Å². The summed E-state index contributed by atoms with van der Waals surface area (Å²) in [4.78, 5) is 4.92. The van der Waals surface area contributed by atoms with E-state index in [-0.39, 0.29) is 6.10 Å². The first kappa shape index (κ1) is 11.3. The van der Waals surface area contributed by atoms with Gasteiger partial charge in [0.05, 0.1) is 6.10 Å². The van der Waals surface area contributed by atoms with Crippen LogP contribution in [0.15, 0.2) is 0 Å². The fourth-order valence-electron chi connectivity index (χ4n) is 2.61. The van der Waals surface area contributed by atoms with Gasteiger partial charge in [-0.2, -0.15) is 0 Å². The molecule has 2 saturated heterocycles. The number of hydrogen-bond donors (Lipinski definition) is 2. The third-order valence-electron chi connectivity index (χ3n) is 3.74. The Morgan fingerprint density at radius 1 is 1.27 bits per heavy atom. The summed E-state index contributed by atoms with van der Waals surface area (Å²) in [6.07, 6.45) is 0.776. The molecule has 2 aliphatic heterocycles. The fourth-order valence-corrected chi connectivity index (χ4v) is 2.61. The normalized spacial score (nSPS) is 35.6. The predicted octanol–water partition coefficient (Wildman–Crippen LogP) is -0.653. The highest BCUT2D eigenvalue weighted by Crippen LogP contribution is 2.13. The summed E-state index contributed by atoms with van der Waals surface area (Å²) < 4.78 is 0. The van der Waals surface area contributed by atoms with Gasteiger partial charge < -0.3 is 15.3 Å². The second-order valence-corrected chi connectivity index (χ2v) is 4.60. The van der Waals surface area contributed by atoms with Crippen molar-refractivity contribution >= 4 is 0 Å². The van der Waals surface area contributed by atoms with Crippen molar-refractivity contribution in [1.82, 2.24) is 15.1 Å². The van der Waals surface area contributed by atoms with Crippen LogP contribution in [-0.2, 0) is 0 Å². The van der Waals surface area contributed by atoms with Crippen LogP contribution in [0.5, 0.6) is 0 Å². The van der Waals surface area contributed by atoms with Gasteiger partial charge in [0.15, 0.2) is 0 Å². The lowest BCUT2D eigenvalue weighted by atomic mass is 10.0. The van der Waals surface area contributed by atoms with Crippen LogP contribution in [0.1, 0.15) is 13.3 Å². The zero-order valence-electron chi connectivity index (χ0n) is 9.65. The number of hydrogen-bond acceptors (Lipinski definition) is 4. The lowest BCUT2D eigenvalue weighted by molar-refractivity contribution is 0.00451. The highest BCUT2D eigenvalue weighted by atomic mass is 16.3. The Morgan fingerprint density at radius 2 is 2.00 bits per heavy atom. The highest BCUT2D eigenvalue weighted by molar-refractivity contribution is 4.87. The highest BCUT2D eigenvalue weighted by Gasteiger charge is 2.30. The second-order valence-electron chi connectivity index (χ2n) is 4.60. The first-order chi connectivity index (χ1) is 7.31. The lowest BCUT2D eigenvalue weighted by Crippen LogP contribution is -2.59. The largest absolute Gasteiger partial charge is 0.391 e. The van der Waals surface area contributed by atoms with E-state index in [0.717, 1.165) is 52.2 Å². The summed E-state index contributed by atoms with van der Waals surface area (Å²) >= 11 is 0. The summed E-state index contributed by atoms with van der Waals surface area (Å²) in [5.74, 6) is 0. The van der Waals surface area contributed by atoms with E-state index in [4.69, 9.17) is 0 Å². The van der Waals surface area contributed by atoms with Crippen molar-refractivity contribution in [3.05, 3.63) is 0 Å². The molecule has 0 spiro atoms. The first-order valence-corrected chi connectivity index (χ1v) is 6.16. The minimum absolute atomic E-state index is 0.126. The van der Waals surface area contributed by atoms with Crippen molar-refractivity contribution in [3.63, 3.8) is 0 Å². The Kier molecular flexibility index (Phi) is 3.97. The summed E-state index contributed by atoms with van der Waals surface area (Å²) in [5.41, 5.74) is 0. The van der Waals surface area contributed by atoms with E-state index in [1.807, 2.05) is 0 Å².